The number of phenols is 1. The maximum Gasteiger partial charge on any atom is 0.260 e. The van der Waals surface area contributed by atoms with Crippen LogP contribution in [0.1, 0.15) is 35.4 Å². The molecule has 3 aromatic rings. The number of imide groups is 2. The van der Waals surface area contributed by atoms with Crippen molar-refractivity contribution in [3.05, 3.63) is 106 Å². The lowest BCUT2D eigenvalue weighted by Gasteiger charge is -2.50. The van der Waals surface area contributed by atoms with Crippen molar-refractivity contribution in [2.45, 2.75) is 31.1 Å². The summed E-state index contributed by atoms with van der Waals surface area (Å²) in [7, 11) is 1.51. The van der Waals surface area contributed by atoms with Gasteiger partial charge in [0, 0.05) is 23.0 Å². The maximum absolute atomic E-state index is 15.0. The van der Waals surface area contributed by atoms with Gasteiger partial charge in [-0.05, 0) is 61.6 Å². The second kappa shape index (κ2) is 9.91. The highest BCUT2D eigenvalue weighted by Crippen LogP contribution is 2.64. The number of likely N-dealkylation sites (tertiary alicyclic amines) is 1. The minimum atomic E-state index is -1.42. The van der Waals surface area contributed by atoms with Gasteiger partial charge in [0.25, 0.3) is 11.8 Å². The summed E-state index contributed by atoms with van der Waals surface area (Å²) in [6.45, 7) is 1.96. The number of aromatic hydroxyl groups is 1. The molecule has 4 aliphatic rings. The van der Waals surface area contributed by atoms with Gasteiger partial charge in [0.1, 0.15) is 5.75 Å². The Labute approximate surface area is 257 Å². The number of anilines is 1. The number of hydrogen-bond acceptors (Lipinski definition) is 6. The van der Waals surface area contributed by atoms with Gasteiger partial charge < -0.3 is 5.11 Å². The zero-order chi connectivity index (χ0) is 30.2. The van der Waals surface area contributed by atoms with Crippen LogP contribution < -0.4 is 5.43 Å². The Hall–Kier alpha value is -4.24. The van der Waals surface area contributed by atoms with Crippen LogP contribution in [0, 0.1) is 30.6 Å². The Bertz CT molecular complexity index is 1720. The molecule has 1 saturated carbocycles. The standard InChI is InChI=1S/C34H30BrN3O5/c1-18-8-11-21(12-9-18)36-38-31(41)26-17-24-22(13-14-23-28(24)32(42)37(2)30(23)40)29(25-16-20(35)10-15-27(25)39)34(26,33(38)43)19-6-4-3-5-7-19/h3-13,15-16,23-24,26,28-29,36,39H,14,17H2,1-2H3. The van der Waals surface area contributed by atoms with Gasteiger partial charge >= 0.3 is 0 Å². The minimum Gasteiger partial charge on any atom is -0.508 e. The first-order valence-corrected chi connectivity index (χ1v) is 15.2. The molecule has 2 N–H and O–H groups in total. The van der Waals surface area contributed by atoms with E-state index in [1.54, 1.807) is 18.2 Å². The van der Waals surface area contributed by atoms with E-state index in [1.807, 2.05) is 67.6 Å². The Morgan fingerprint density at radius 3 is 2.35 bits per heavy atom. The molecule has 2 heterocycles. The van der Waals surface area contributed by atoms with E-state index in [2.05, 4.69) is 21.4 Å². The molecule has 8 nitrogen and oxygen atoms in total. The summed E-state index contributed by atoms with van der Waals surface area (Å²) in [5, 5.41) is 12.5. The molecule has 3 aromatic carbocycles. The number of amides is 4. The number of fused-ring (bicyclic) bond motifs is 4. The van der Waals surface area contributed by atoms with E-state index in [0.717, 1.165) is 16.1 Å². The lowest BCUT2D eigenvalue weighted by molar-refractivity contribution is -0.140. The molecule has 4 amide bonds. The summed E-state index contributed by atoms with van der Waals surface area (Å²) in [6.07, 6.45) is 2.55. The van der Waals surface area contributed by atoms with Gasteiger partial charge in [0.05, 0.1) is 28.9 Å². The van der Waals surface area contributed by atoms with E-state index in [9.17, 15) is 24.3 Å². The summed E-state index contributed by atoms with van der Waals surface area (Å²) in [5.74, 6) is -4.56. The van der Waals surface area contributed by atoms with Crippen LogP contribution in [0.15, 0.2) is 88.9 Å². The van der Waals surface area contributed by atoms with Gasteiger partial charge in [0.2, 0.25) is 11.8 Å². The Kier molecular flexibility index (Phi) is 6.36. The van der Waals surface area contributed by atoms with Crippen molar-refractivity contribution in [3.63, 3.8) is 0 Å². The van der Waals surface area contributed by atoms with E-state index in [1.165, 1.54) is 11.9 Å². The predicted molar refractivity (Wildman–Crippen MR) is 162 cm³/mol. The van der Waals surface area contributed by atoms with Gasteiger partial charge in [-0.3, -0.25) is 29.5 Å². The third-order valence-electron chi connectivity index (χ3n) is 9.91. The normalized spacial score (nSPS) is 29.7. The third kappa shape index (κ3) is 3.87. The summed E-state index contributed by atoms with van der Waals surface area (Å²) in [6, 6.07) is 21.8. The number of hydrazine groups is 1. The van der Waals surface area contributed by atoms with Crippen LogP contribution in [-0.4, -0.2) is 45.7 Å². The van der Waals surface area contributed by atoms with Crippen LogP contribution in [0.25, 0.3) is 0 Å². The van der Waals surface area contributed by atoms with Crippen LogP contribution >= 0.6 is 15.9 Å². The molecule has 3 fully saturated rings. The molecule has 0 spiro atoms. The molecule has 2 aliphatic carbocycles. The Morgan fingerprint density at radius 1 is 0.907 bits per heavy atom. The molecule has 0 radical (unpaired) electrons. The number of nitrogens with one attached hydrogen (secondary N) is 1. The largest absolute Gasteiger partial charge is 0.508 e. The molecule has 7 rings (SSSR count). The second-order valence-corrected chi connectivity index (χ2v) is 12.9. The van der Waals surface area contributed by atoms with E-state index in [4.69, 9.17) is 0 Å². The third-order valence-corrected chi connectivity index (χ3v) is 10.4. The average molecular weight is 641 g/mol. The highest BCUT2D eigenvalue weighted by molar-refractivity contribution is 9.10. The van der Waals surface area contributed by atoms with Gasteiger partial charge in [-0.25, -0.2) is 0 Å². The number of carbonyl (C=O) groups excluding carboxylic acids is 4. The smallest absolute Gasteiger partial charge is 0.260 e. The van der Waals surface area contributed by atoms with Crippen LogP contribution in [-0.2, 0) is 24.6 Å². The summed E-state index contributed by atoms with van der Waals surface area (Å²) < 4.78 is 0.703. The summed E-state index contributed by atoms with van der Waals surface area (Å²) in [4.78, 5) is 57.3. The predicted octanol–water partition coefficient (Wildman–Crippen LogP) is 5.08. The Morgan fingerprint density at radius 2 is 1.63 bits per heavy atom. The number of halogens is 1. The second-order valence-electron chi connectivity index (χ2n) is 12.0. The quantitative estimate of drug-likeness (QED) is 0.305. The fourth-order valence-electron chi connectivity index (χ4n) is 8.01. The number of allylic oxidation sites excluding steroid dienone is 2. The van der Waals surface area contributed by atoms with E-state index in [0.29, 0.717) is 27.7 Å². The first kappa shape index (κ1) is 27.6. The number of hydrogen-bond donors (Lipinski definition) is 2. The van der Waals surface area contributed by atoms with Gasteiger partial charge in [0.15, 0.2) is 0 Å². The lowest BCUT2D eigenvalue weighted by Crippen LogP contribution is -2.53. The van der Waals surface area contributed by atoms with Crippen LogP contribution in [0.4, 0.5) is 5.69 Å². The van der Waals surface area contributed by atoms with Gasteiger partial charge in [-0.15, -0.1) is 0 Å². The average Bonchev–Trinajstić information content (AvgIpc) is 3.36. The highest BCUT2D eigenvalue weighted by Gasteiger charge is 2.70. The van der Waals surface area contributed by atoms with Crippen molar-refractivity contribution in [1.82, 2.24) is 9.91 Å². The van der Waals surface area contributed by atoms with E-state index in [-0.39, 0.29) is 24.0 Å². The fourth-order valence-corrected chi connectivity index (χ4v) is 8.38. The maximum atomic E-state index is 15.0. The molecule has 2 saturated heterocycles. The fraction of sp³-hybridized carbons (Fsp3) is 0.294. The van der Waals surface area contributed by atoms with Crippen molar-refractivity contribution in [3.8, 4) is 5.75 Å². The highest BCUT2D eigenvalue weighted by atomic mass is 79.9. The van der Waals surface area contributed by atoms with Crippen LogP contribution in [0.2, 0.25) is 0 Å². The van der Waals surface area contributed by atoms with Crippen molar-refractivity contribution >= 4 is 45.2 Å². The molecule has 0 bridgehead atoms. The van der Waals surface area contributed by atoms with Crippen molar-refractivity contribution in [2.75, 3.05) is 12.5 Å². The molecule has 6 unspecified atom stereocenters. The molecule has 6 atom stereocenters. The topological polar surface area (TPSA) is 107 Å². The van der Waals surface area contributed by atoms with Crippen molar-refractivity contribution in [1.29, 1.82) is 0 Å². The van der Waals surface area contributed by atoms with Crippen molar-refractivity contribution < 1.29 is 24.3 Å². The minimum absolute atomic E-state index is 0.0120. The first-order chi connectivity index (χ1) is 20.6. The number of phenolic OH excluding ortho intramolecular Hbond substituents is 1. The first-order valence-electron chi connectivity index (χ1n) is 14.4. The zero-order valence-corrected chi connectivity index (χ0v) is 25.2. The van der Waals surface area contributed by atoms with Gasteiger partial charge in [-0.1, -0.05) is 75.6 Å². The Balaban J connectivity index is 1.48. The molecule has 2 aliphatic heterocycles. The molecular weight excluding hydrogens is 610 g/mol. The molecule has 218 valence electrons. The van der Waals surface area contributed by atoms with Crippen molar-refractivity contribution in [2.24, 2.45) is 23.7 Å². The van der Waals surface area contributed by atoms with E-state index >= 15 is 0 Å². The monoisotopic (exact) mass is 639 g/mol. The SMILES string of the molecule is Cc1ccc(NN2C(=O)C3CC4C(=CCC5C(=O)N(C)C(=O)C54)C(c4cc(Br)ccc4O)C3(c3ccccc3)C2=O)cc1. The lowest BCUT2D eigenvalue weighted by atomic mass is 9.49. The summed E-state index contributed by atoms with van der Waals surface area (Å²) in [5.41, 5.74) is 5.24. The molecule has 0 aromatic heterocycles. The van der Waals surface area contributed by atoms with Crippen LogP contribution in [0.5, 0.6) is 5.75 Å². The molecular formula is C34H30BrN3O5. The summed E-state index contributed by atoms with van der Waals surface area (Å²) >= 11 is 3.55. The molecule has 43 heavy (non-hydrogen) atoms. The number of nitrogens with zero attached hydrogens (tertiary/aromatic N) is 2. The number of benzene rings is 3. The number of aryl methyl sites for hydroxylation is 1. The number of rotatable bonds is 4. The zero-order valence-electron chi connectivity index (χ0n) is 23.7. The van der Waals surface area contributed by atoms with Crippen LogP contribution in [0.3, 0.4) is 0 Å². The van der Waals surface area contributed by atoms with E-state index < -0.39 is 46.8 Å². The number of carbonyl (C=O) groups is 4. The van der Waals surface area contributed by atoms with Gasteiger partial charge in [-0.2, -0.15) is 5.01 Å². The molecule has 9 heteroatoms.